The van der Waals surface area contributed by atoms with Gasteiger partial charge in [-0.15, -0.1) is 11.3 Å². The van der Waals surface area contributed by atoms with Crippen molar-refractivity contribution < 1.29 is 19.1 Å². The zero-order valence-corrected chi connectivity index (χ0v) is 20.3. The molecule has 0 saturated heterocycles. The maximum absolute atomic E-state index is 13.5. The summed E-state index contributed by atoms with van der Waals surface area (Å²) in [5, 5.41) is 9.99. The first-order chi connectivity index (χ1) is 16.5. The van der Waals surface area contributed by atoms with Crippen molar-refractivity contribution in [3.05, 3.63) is 45.7 Å². The van der Waals surface area contributed by atoms with Gasteiger partial charge in [-0.25, -0.2) is 4.79 Å². The van der Waals surface area contributed by atoms with Crippen LogP contribution in [0.4, 0.5) is 5.00 Å². The fourth-order valence-electron chi connectivity index (χ4n) is 4.35. The molecule has 1 amide bonds. The van der Waals surface area contributed by atoms with Crippen molar-refractivity contribution in [3.8, 4) is 11.4 Å². The van der Waals surface area contributed by atoms with Crippen LogP contribution in [0.25, 0.3) is 16.5 Å². The maximum atomic E-state index is 13.5. The van der Waals surface area contributed by atoms with Crippen LogP contribution in [0.15, 0.2) is 34.4 Å². The van der Waals surface area contributed by atoms with Crippen molar-refractivity contribution in [2.24, 2.45) is 5.92 Å². The Kier molecular flexibility index (Phi) is 7.62. The predicted molar refractivity (Wildman–Crippen MR) is 132 cm³/mol. The molecule has 0 atom stereocenters. The number of ether oxygens (including phenoxy) is 2. The van der Waals surface area contributed by atoms with Crippen LogP contribution in [0.5, 0.6) is 5.75 Å². The lowest BCUT2D eigenvalue weighted by Crippen LogP contribution is -2.26. The van der Waals surface area contributed by atoms with Crippen LogP contribution in [-0.2, 0) is 9.53 Å². The monoisotopic (exact) mass is 483 g/mol. The molecule has 2 heterocycles. The fraction of sp³-hybridized carbons (Fsp3) is 0.440. The maximum Gasteiger partial charge on any atom is 0.359 e. The van der Waals surface area contributed by atoms with E-state index in [1.807, 2.05) is 6.92 Å². The molecule has 9 heteroatoms. The molecule has 34 heavy (non-hydrogen) atoms. The number of hydrogen-bond acceptors (Lipinski definition) is 7. The van der Waals surface area contributed by atoms with Gasteiger partial charge in [0.15, 0.2) is 5.69 Å². The molecule has 0 spiro atoms. The van der Waals surface area contributed by atoms with Gasteiger partial charge in [0.25, 0.3) is 5.56 Å². The highest BCUT2D eigenvalue weighted by Crippen LogP contribution is 2.32. The summed E-state index contributed by atoms with van der Waals surface area (Å²) in [6.07, 6.45) is 6.08. The molecule has 1 N–H and O–H groups in total. The van der Waals surface area contributed by atoms with E-state index >= 15 is 0 Å². The summed E-state index contributed by atoms with van der Waals surface area (Å²) < 4.78 is 11.8. The number of carbonyl (C=O) groups excluding carboxylic acids is 2. The Balaban J connectivity index is 1.74. The number of anilines is 1. The summed E-state index contributed by atoms with van der Waals surface area (Å²) in [5.74, 6) is 0.302. The normalized spacial score (nSPS) is 14.2. The Morgan fingerprint density at radius 3 is 2.53 bits per heavy atom. The van der Waals surface area contributed by atoms with Crippen molar-refractivity contribution in [1.82, 2.24) is 9.78 Å². The third-order valence-electron chi connectivity index (χ3n) is 5.97. The third-order valence-corrected chi connectivity index (χ3v) is 6.86. The summed E-state index contributed by atoms with van der Waals surface area (Å²) in [5.41, 5.74) is 0.0994. The summed E-state index contributed by atoms with van der Waals surface area (Å²) in [4.78, 5) is 39.0. The summed E-state index contributed by atoms with van der Waals surface area (Å²) >= 11 is 1.22. The van der Waals surface area contributed by atoms with Crippen molar-refractivity contribution in [3.63, 3.8) is 0 Å². The number of benzene rings is 1. The van der Waals surface area contributed by atoms with Crippen LogP contribution in [0.2, 0.25) is 0 Å². The van der Waals surface area contributed by atoms with E-state index in [9.17, 15) is 14.4 Å². The standard InChI is InChI=1S/C25H29N3O5S/c1-3-32-18-12-10-17(11-13-18)28-24(30)21-19(22(27-28)25(31)33-4-2)15-34-23(21)26-20(29)14-16-8-6-5-7-9-16/h10-13,15-16H,3-9,14H2,1-2H3,(H,26,29). The number of aromatic nitrogens is 2. The minimum absolute atomic E-state index is 0.0364. The van der Waals surface area contributed by atoms with Gasteiger partial charge in [0, 0.05) is 17.2 Å². The van der Waals surface area contributed by atoms with Crippen molar-refractivity contribution in [2.75, 3.05) is 18.5 Å². The number of thiophene rings is 1. The molecule has 0 aliphatic heterocycles. The van der Waals surface area contributed by atoms with Crippen LogP contribution < -0.4 is 15.6 Å². The number of carbonyl (C=O) groups is 2. The largest absolute Gasteiger partial charge is 0.494 e. The summed E-state index contributed by atoms with van der Waals surface area (Å²) in [6, 6.07) is 6.88. The predicted octanol–water partition coefficient (Wildman–Crippen LogP) is 4.93. The van der Waals surface area contributed by atoms with Gasteiger partial charge < -0.3 is 14.8 Å². The van der Waals surface area contributed by atoms with Gasteiger partial charge in [-0.1, -0.05) is 19.3 Å². The Labute approximate surface area is 201 Å². The van der Waals surface area contributed by atoms with E-state index in [4.69, 9.17) is 9.47 Å². The molecule has 3 aromatic rings. The van der Waals surface area contributed by atoms with Crippen LogP contribution in [0, 0.1) is 5.92 Å². The van der Waals surface area contributed by atoms with Crippen LogP contribution in [-0.4, -0.2) is 34.9 Å². The van der Waals surface area contributed by atoms with Gasteiger partial charge in [-0.2, -0.15) is 9.78 Å². The summed E-state index contributed by atoms with van der Waals surface area (Å²) in [7, 11) is 0. The molecule has 1 aliphatic rings. The Hall–Kier alpha value is -3.20. The van der Waals surface area contributed by atoms with Gasteiger partial charge in [-0.3, -0.25) is 9.59 Å². The number of hydrogen-bond donors (Lipinski definition) is 1. The number of esters is 1. The fourth-order valence-corrected chi connectivity index (χ4v) is 5.30. The lowest BCUT2D eigenvalue weighted by atomic mass is 9.87. The third kappa shape index (κ3) is 5.14. The van der Waals surface area contributed by atoms with E-state index < -0.39 is 11.5 Å². The number of nitrogens with one attached hydrogen (secondary N) is 1. The second-order valence-corrected chi connectivity index (χ2v) is 9.20. The van der Waals surface area contributed by atoms with Crippen molar-refractivity contribution in [2.45, 2.75) is 52.4 Å². The van der Waals surface area contributed by atoms with Gasteiger partial charge in [-0.05, 0) is 56.9 Å². The molecule has 180 valence electrons. The quantitative estimate of drug-likeness (QED) is 0.456. The van der Waals surface area contributed by atoms with Gasteiger partial charge >= 0.3 is 5.97 Å². The van der Waals surface area contributed by atoms with Gasteiger partial charge in [0.2, 0.25) is 5.91 Å². The van der Waals surface area contributed by atoms with E-state index in [0.717, 1.165) is 25.7 Å². The van der Waals surface area contributed by atoms with Crippen LogP contribution in [0.1, 0.15) is 62.9 Å². The number of fused-ring (bicyclic) bond motifs is 1. The smallest absolute Gasteiger partial charge is 0.359 e. The average Bonchev–Trinajstić information content (AvgIpc) is 3.25. The Morgan fingerprint density at radius 2 is 1.85 bits per heavy atom. The molecule has 0 bridgehead atoms. The molecule has 2 aromatic heterocycles. The molecule has 1 saturated carbocycles. The molecule has 0 unspecified atom stereocenters. The van der Waals surface area contributed by atoms with E-state index in [0.29, 0.717) is 40.8 Å². The Bertz CT molecular complexity index is 1230. The molecular formula is C25H29N3O5S. The lowest BCUT2D eigenvalue weighted by molar-refractivity contribution is -0.117. The molecule has 4 rings (SSSR count). The minimum atomic E-state index is -0.620. The first-order valence-electron chi connectivity index (χ1n) is 11.8. The zero-order chi connectivity index (χ0) is 24.1. The molecule has 1 aromatic carbocycles. The number of nitrogens with zero attached hydrogens (tertiary/aromatic N) is 2. The highest BCUT2D eigenvalue weighted by molar-refractivity contribution is 7.16. The highest BCUT2D eigenvalue weighted by Gasteiger charge is 2.24. The van der Waals surface area contributed by atoms with Crippen LogP contribution >= 0.6 is 11.3 Å². The highest BCUT2D eigenvalue weighted by atomic mass is 32.1. The topological polar surface area (TPSA) is 99.5 Å². The van der Waals surface area contributed by atoms with E-state index in [2.05, 4.69) is 10.4 Å². The molecule has 1 aliphatic carbocycles. The first-order valence-corrected chi connectivity index (χ1v) is 12.6. The first kappa shape index (κ1) is 23.9. The summed E-state index contributed by atoms with van der Waals surface area (Å²) in [6.45, 7) is 4.30. The average molecular weight is 484 g/mol. The molecule has 0 radical (unpaired) electrons. The number of amides is 1. The number of rotatable bonds is 8. The van der Waals surface area contributed by atoms with E-state index in [1.54, 1.807) is 36.6 Å². The second kappa shape index (κ2) is 10.8. The van der Waals surface area contributed by atoms with Gasteiger partial charge in [0.05, 0.1) is 24.3 Å². The Morgan fingerprint density at radius 1 is 1.12 bits per heavy atom. The van der Waals surface area contributed by atoms with Crippen molar-refractivity contribution >= 4 is 39.0 Å². The SMILES string of the molecule is CCOC(=O)c1nn(-c2ccc(OCC)cc2)c(=O)c2c(NC(=O)CC3CCCCC3)scc12. The molecule has 8 nitrogen and oxygen atoms in total. The second-order valence-electron chi connectivity index (χ2n) is 8.32. The van der Waals surface area contributed by atoms with Crippen LogP contribution in [0.3, 0.4) is 0 Å². The van der Waals surface area contributed by atoms with E-state index in [1.165, 1.54) is 22.4 Å². The molecular weight excluding hydrogens is 454 g/mol. The lowest BCUT2D eigenvalue weighted by Gasteiger charge is -2.20. The minimum Gasteiger partial charge on any atom is -0.494 e. The molecule has 1 fully saturated rings. The van der Waals surface area contributed by atoms with Crippen molar-refractivity contribution in [1.29, 1.82) is 0 Å². The van der Waals surface area contributed by atoms with E-state index in [-0.39, 0.29) is 23.6 Å². The van der Waals surface area contributed by atoms with Gasteiger partial charge in [0.1, 0.15) is 10.8 Å². The zero-order valence-electron chi connectivity index (χ0n) is 19.5.